The van der Waals surface area contributed by atoms with Gasteiger partial charge in [-0.2, -0.15) is 0 Å². The molecule has 0 radical (unpaired) electrons. The molecule has 0 aliphatic rings. The minimum atomic E-state index is 0.669. The van der Waals surface area contributed by atoms with E-state index in [0.717, 1.165) is 26.1 Å². The Bertz CT molecular complexity index is 311. The van der Waals surface area contributed by atoms with Crippen molar-refractivity contribution in [2.75, 3.05) is 20.1 Å². The maximum absolute atomic E-state index is 4.54. The van der Waals surface area contributed by atoms with Crippen molar-refractivity contribution in [3.8, 4) is 0 Å². The number of nitrogens with one attached hydrogen (secondary N) is 1. The molecule has 3 nitrogen and oxygen atoms in total. The molecule has 0 saturated carbocycles. The van der Waals surface area contributed by atoms with Gasteiger partial charge in [-0.05, 0) is 26.8 Å². The van der Waals surface area contributed by atoms with Crippen molar-refractivity contribution in [3.05, 3.63) is 16.1 Å². The zero-order valence-electron chi connectivity index (χ0n) is 11.5. The van der Waals surface area contributed by atoms with Gasteiger partial charge >= 0.3 is 0 Å². The van der Waals surface area contributed by atoms with E-state index in [1.165, 1.54) is 17.1 Å². The second kappa shape index (κ2) is 7.80. The van der Waals surface area contributed by atoms with Crippen LogP contribution in [0.5, 0.6) is 0 Å². The number of hydrogen-bond acceptors (Lipinski definition) is 4. The van der Waals surface area contributed by atoms with Gasteiger partial charge in [0, 0.05) is 31.1 Å². The number of hydrogen-bond donors (Lipinski definition) is 1. The lowest BCUT2D eigenvalue weighted by Gasteiger charge is -2.23. The number of aromatic nitrogens is 1. The summed E-state index contributed by atoms with van der Waals surface area (Å²) in [4.78, 5) is 6.93. The molecule has 0 aliphatic carbocycles. The average molecular weight is 255 g/mol. The molecule has 98 valence electrons. The van der Waals surface area contributed by atoms with Crippen LogP contribution in [0, 0.1) is 0 Å². The minimum absolute atomic E-state index is 0.669. The highest BCUT2D eigenvalue weighted by atomic mass is 32.1. The standard InChI is InChI=1S/C13H25N3S/c1-5-11(3)16(4)8-7-14-9-12-10-17-13(6-2)15-12/h10-11,14H,5-9H2,1-4H3. The summed E-state index contributed by atoms with van der Waals surface area (Å²) in [6.07, 6.45) is 2.25. The Morgan fingerprint density at radius 3 is 2.82 bits per heavy atom. The van der Waals surface area contributed by atoms with E-state index in [0.29, 0.717) is 6.04 Å². The van der Waals surface area contributed by atoms with Crippen LogP contribution in [0.3, 0.4) is 0 Å². The van der Waals surface area contributed by atoms with Gasteiger partial charge in [0.05, 0.1) is 10.7 Å². The van der Waals surface area contributed by atoms with Crippen molar-refractivity contribution in [2.45, 2.75) is 46.2 Å². The quantitative estimate of drug-likeness (QED) is 0.724. The summed E-state index contributed by atoms with van der Waals surface area (Å²) in [5.74, 6) is 0. The summed E-state index contributed by atoms with van der Waals surface area (Å²) in [6.45, 7) is 9.67. The Kier molecular flexibility index (Phi) is 6.70. The van der Waals surface area contributed by atoms with Gasteiger partial charge in [-0.25, -0.2) is 4.98 Å². The SMILES string of the molecule is CCc1nc(CNCCN(C)C(C)CC)cs1. The molecule has 1 heterocycles. The molecule has 0 fully saturated rings. The molecule has 1 N–H and O–H groups in total. The smallest absolute Gasteiger partial charge is 0.0926 e. The second-order valence-corrected chi connectivity index (χ2v) is 5.44. The number of likely N-dealkylation sites (N-methyl/N-ethyl adjacent to an activating group) is 1. The molecule has 1 unspecified atom stereocenters. The van der Waals surface area contributed by atoms with Gasteiger partial charge in [-0.15, -0.1) is 11.3 Å². The Labute approximate surface area is 109 Å². The summed E-state index contributed by atoms with van der Waals surface area (Å²) >= 11 is 1.76. The van der Waals surface area contributed by atoms with Gasteiger partial charge < -0.3 is 10.2 Å². The number of nitrogens with zero attached hydrogens (tertiary/aromatic N) is 2. The van der Waals surface area contributed by atoms with E-state index in [9.17, 15) is 0 Å². The average Bonchev–Trinajstić information content (AvgIpc) is 2.81. The van der Waals surface area contributed by atoms with Gasteiger partial charge in [-0.3, -0.25) is 0 Å². The lowest BCUT2D eigenvalue weighted by atomic mass is 10.2. The van der Waals surface area contributed by atoms with Crippen molar-refractivity contribution in [1.82, 2.24) is 15.2 Å². The summed E-state index contributed by atoms with van der Waals surface area (Å²) in [5.41, 5.74) is 1.18. The highest BCUT2D eigenvalue weighted by Gasteiger charge is 2.05. The summed E-state index contributed by atoms with van der Waals surface area (Å²) in [6, 6.07) is 0.669. The lowest BCUT2D eigenvalue weighted by molar-refractivity contribution is 0.251. The topological polar surface area (TPSA) is 28.2 Å². The first kappa shape index (κ1) is 14.6. The third kappa shape index (κ3) is 5.15. The van der Waals surface area contributed by atoms with E-state index in [4.69, 9.17) is 0 Å². The molecule has 0 amide bonds. The van der Waals surface area contributed by atoms with Crippen LogP contribution in [0.4, 0.5) is 0 Å². The van der Waals surface area contributed by atoms with Crippen LogP contribution >= 0.6 is 11.3 Å². The van der Waals surface area contributed by atoms with E-state index >= 15 is 0 Å². The Balaban J connectivity index is 2.15. The molecule has 1 atom stereocenters. The van der Waals surface area contributed by atoms with Crippen molar-refractivity contribution in [3.63, 3.8) is 0 Å². The van der Waals surface area contributed by atoms with Crippen molar-refractivity contribution in [2.24, 2.45) is 0 Å². The van der Waals surface area contributed by atoms with Crippen molar-refractivity contribution < 1.29 is 0 Å². The fourth-order valence-electron chi connectivity index (χ4n) is 1.60. The summed E-state index contributed by atoms with van der Waals surface area (Å²) in [7, 11) is 2.19. The maximum atomic E-state index is 4.54. The Hall–Kier alpha value is -0.450. The predicted octanol–water partition coefficient (Wildman–Crippen LogP) is 2.53. The molecular weight excluding hydrogens is 230 g/mol. The predicted molar refractivity (Wildman–Crippen MR) is 75.6 cm³/mol. The van der Waals surface area contributed by atoms with Gasteiger partial charge in [0.1, 0.15) is 0 Å². The highest BCUT2D eigenvalue weighted by Crippen LogP contribution is 2.09. The molecule has 4 heteroatoms. The lowest BCUT2D eigenvalue weighted by Crippen LogP contribution is -2.34. The molecule has 0 aromatic carbocycles. The van der Waals surface area contributed by atoms with E-state index < -0.39 is 0 Å². The Morgan fingerprint density at radius 1 is 1.47 bits per heavy atom. The molecule has 0 saturated heterocycles. The second-order valence-electron chi connectivity index (χ2n) is 4.50. The summed E-state index contributed by atoms with van der Waals surface area (Å²) in [5, 5.41) is 6.84. The van der Waals surface area contributed by atoms with E-state index in [1.807, 2.05) is 0 Å². The number of rotatable bonds is 8. The Morgan fingerprint density at radius 2 is 2.24 bits per heavy atom. The largest absolute Gasteiger partial charge is 0.310 e. The number of thiazole rings is 1. The van der Waals surface area contributed by atoms with E-state index in [2.05, 4.69) is 48.4 Å². The van der Waals surface area contributed by atoms with Gasteiger partial charge in [-0.1, -0.05) is 13.8 Å². The van der Waals surface area contributed by atoms with Crippen LogP contribution in [-0.4, -0.2) is 36.1 Å². The van der Waals surface area contributed by atoms with Crippen LogP contribution in [0.1, 0.15) is 37.9 Å². The normalized spacial score (nSPS) is 13.2. The molecular formula is C13H25N3S. The summed E-state index contributed by atoms with van der Waals surface area (Å²) < 4.78 is 0. The van der Waals surface area contributed by atoms with Crippen molar-refractivity contribution >= 4 is 11.3 Å². The first-order valence-corrected chi connectivity index (χ1v) is 7.39. The fourth-order valence-corrected chi connectivity index (χ4v) is 2.34. The van der Waals surface area contributed by atoms with Gasteiger partial charge in [0.25, 0.3) is 0 Å². The van der Waals surface area contributed by atoms with Crippen LogP contribution < -0.4 is 5.32 Å². The molecule has 1 aromatic rings. The third-order valence-corrected chi connectivity index (χ3v) is 4.23. The van der Waals surface area contributed by atoms with Crippen LogP contribution in [0.15, 0.2) is 5.38 Å². The molecule has 0 spiro atoms. The molecule has 0 aliphatic heterocycles. The van der Waals surface area contributed by atoms with Crippen molar-refractivity contribution in [1.29, 1.82) is 0 Å². The zero-order valence-corrected chi connectivity index (χ0v) is 12.3. The molecule has 1 rings (SSSR count). The minimum Gasteiger partial charge on any atom is -0.310 e. The maximum Gasteiger partial charge on any atom is 0.0926 e. The number of aryl methyl sites for hydroxylation is 1. The monoisotopic (exact) mass is 255 g/mol. The first-order valence-electron chi connectivity index (χ1n) is 6.51. The third-order valence-electron chi connectivity index (χ3n) is 3.19. The van der Waals surface area contributed by atoms with Gasteiger partial charge in [0.15, 0.2) is 0 Å². The molecule has 0 bridgehead atoms. The first-order chi connectivity index (χ1) is 8.17. The molecule has 17 heavy (non-hydrogen) atoms. The van der Waals surface area contributed by atoms with E-state index in [-0.39, 0.29) is 0 Å². The van der Waals surface area contributed by atoms with Crippen LogP contribution in [0.25, 0.3) is 0 Å². The van der Waals surface area contributed by atoms with Gasteiger partial charge in [0.2, 0.25) is 0 Å². The molecule has 1 aromatic heterocycles. The van der Waals surface area contributed by atoms with Crippen LogP contribution in [0.2, 0.25) is 0 Å². The van der Waals surface area contributed by atoms with Crippen LogP contribution in [-0.2, 0) is 13.0 Å². The zero-order chi connectivity index (χ0) is 12.7. The van der Waals surface area contributed by atoms with E-state index in [1.54, 1.807) is 11.3 Å². The fraction of sp³-hybridized carbons (Fsp3) is 0.769. The highest BCUT2D eigenvalue weighted by molar-refractivity contribution is 7.09.